The molecule has 1 nitrogen and oxygen atoms in total. The summed E-state index contributed by atoms with van der Waals surface area (Å²) in [6.07, 6.45) is 9.36. The molecule has 1 aliphatic carbocycles. The van der Waals surface area contributed by atoms with Crippen LogP contribution in [0.2, 0.25) is 0 Å². The molecule has 0 aromatic heterocycles. The highest BCUT2D eigenvalue weighted by molar-refractivity contribution is 5.17. The molecule has 0 radical (unpaired) electrons. The lowest BCUT2D eigenvalue weighted by molar-refractivity contribution is 0.419. The summed E-state index contributed by atoms with van der Waals surface area (Å²) >= 11 is 0. The Hall–Kier alpha value is -0.460. The van der Waals surface area contributed by atoms with Crippen molar-refractivity contribution in [1.82, 2.24) is 0 Å². The predicted molar refractivity (Wildman–Crippen MR) is 40.4 cm³/mol. The molecule has 0 fully saturated rings. The molecule has 1 heterocycles. The fraction of sp³-hybridized carbons (Fsp3) is 0.778. The van der Waals surface area contributed by atoms with Crippen molar-refractivity contribution in [3.05, 3.63) is 11.5 Å². The maximum Gasteiger partial charge on any atom is 0.142 e. The first-order valence-electron chi connectivity index (χ1n) is 4.37. The standard InChI is InChI=1S/C9H14O/c1-2-4-6-8-9(10-8)7-5-3-1/h1-7H2. The molecule has 2 rings (SSSR count). The highest BCUT2D eigenvalue weighted by atomic mass is 16.6. The first-order valence-corrected chi connectivity index (χ1v) is 4.37. The Morgan fingerprint density at radius 1 is 0.700 bits per heavy atom. The van der Waals surface area contributed by atoms with E-state index in [1.807, 2.05) is 0 Å². The Morgan fingerprint density at radius 3 is 1.80 bits per heavy atom. The van der Waals surface area contributed by atoms with Gasteiger partial charge in [0.25, 0.3) is 0 Å². The molecule has 0 saturated carbocycles. The van der Waals surface area contributed by atoms with Crippen molar-refractivity contribution in [2.24, 2.45) is 0 Å². The van der Waals surface area contributed by atoms with Crippen LogP contribution in [-0.4, -0.2) is 0 Å². The van der Waals surface area contributed by atoms with Gasteiger partial charge in [0.1, 0.15) is 11.5 Å². The summed E-state index contributed by atoms with van der Waals surface area (Å²) in [6, 6.07) is 0. The summed E-state index contributed by atoms with van der Waals surface area (Å²) in [5.74, 6) is 2.64. The largest absolute Gasteiger partial charge is 0.459 e. The van der Waals surface area contributed by atoms with Crippen LogP contribution in [0, 0.1) is 0 Å². The predicted octanol–water partition coefficient (Wildman–Crippen LogP) is 2.97. The SMILES string of the molecule is C1CCCC2=C(CCC1)O2. The van der Waals surface area contributed by atoms with Gasteiger partial charge in [0, 0.05) is 12.8 Å². The van der Waals surface area contributed by atoms with Gasteiger partial charge < -0.3 is 4.74 Å². The minimum Gasteiger partial charge on any atom is -0.459 e. The van der Waals surface area contributed by atoms with E-state index in [4.69, 9.17) is 4.74 Å². The monoisotopic (exact) mass is 138 g/mol. The van der Waals surface area contributed by atoms with Gasteiger partial charge in [0.2, 0.25) is 0 Å². The molecule has 0 spiro atoms. The average molecular weight is 138 g/mol. The number of ether oxygens (including phenoxy) is 1. The molecule has 0 saturated heterocycles. The van der Waals surface area contributed by atoms with Gasteiger partial charge in [0.05, 0.1) is 0 Å². The van der Waals surface area contributed by atoms with E-state index >= 15 is 0 Å². The third-order valence-corrected chi connectivity index (χ3v) is 2.32. The van der Waals surface area contributed by atoms with Crippen LogP contribution in [0.1, 0.15) is 44.9 Å². The lowest BCUT2D eigenvalue weighted by Crippen LogP contribution is -1.78. The Morgan fingerprint density at radius 2 is 1.20 bits per heavy atom. The van der Waals surface area contributed by atoms with Crippen LogP contribution in [-0.2, 0) is 4.74 Å². The average Bonchev–Trinajstić information content (AvgIpc) is 2.66. The van der Waals surface area contributed by atoms with Crippen molar-refractivity contribution in [2.45, 2.75) is 44.9 Å². The van der Waals surface area contributed by atoms with E-state index in [1.165, 1.54) is 56.5 Å². The minimum absolute atomic E-state index is 1.22. The first kappa shape index (κ1) is 6.26. The third-order valence-electron chi connectivity index (χ3n) is 2.32. The molecule has 1 heteroatoms. The van der Waals surface area contributed by atoms with Crippen molar-refractivity contribution >= 4 is 0 Å². The lowest BCUT2D eigenvalue weighted by atomic mass is 10.1. The van der Waals surface area contributed by atoms with Gasteiger partial charge in [-0.05, 0) is 12.8 Å². The van der Waals surface area contributed by atoms with E-state index in [1.54, 1.807) is 0 Å². The quantitative estimate of drug-likeness (QED) is 0.501. The van der Waals surface area contributed by atoms with Gasteiger partial charge >= 0.3 is 0 Å². The van der Waals surface area contributed by atoms with E-state index in [0.717, 1.165) is 0 Å². The van der Waals surface area contributed by atoms with Gasteiger partial charge in [-0.3, -0.25) is 0 Å². The van der Waals surface area contributed by atoms with Crippen LogP contribution in [0.15, 0.2) is 11.5 Å². The van der Waals surface area contributed by atoms with Crippen LogP contribution in [0.3, 0.4) is 0 Å². The molecule has 0 amide bonds. The first-order chi connectivity index (χ1) is 4.97. The molecule has 2 aliphatic rings. The molecule has 10 heavy (non-hydrogen) atoms. The Bertz CT molecular complexity index is 142. The molecule has 0 unspecified atom stereocenters. The summed E-state index contributed by atoms with van der Waals surface area (Å²) in [5, 5.41) is 0. The summed E-state index contributed by atoms with van der Waals surface area (Å²) in [4.78, 5) is 0. The second kappa shape index (κ2) is 2.65. The lowest BCUT2D eigenvalue weighted by Gasteiger charge is -1.97. The molecule has 1 aliphatic heterocycles. The number of hydrogen-bond acceptors (Lipinski definition) is 1. The zero-order valence-electron chi connectivity index (χ0n) is 6.36. The van der Waals surface area contributed by atoms with Crippen molar-refractivity contribution < 1.29 is 4.74 Å². The molecule has 0 aromatic rings. The van der Waals surface area contributed by atoms with E-state index in [0.29, 0.717) is 0 Å². The van der Waals surface area contributed by atoms with Gasteiger partial charge in [-0.1, -0.05) is 19.3 Å². The fourth-order valence-corrected chi connectivity index (χ4v) is 1.61. The summed E-state index contributed by atoms with van der Waals surface area (Å²) in [5.41, 5.74) is 0. The molecule has 0 bridgehead atoms. The highest BCUT2D eigenvalue weighted by Gasteiger charge is 2.23. The Kier molecular flexibility index (Phi) is 1.66. The minimum atomic E-state index is 1.22. The van der Waals surface area contributed by atoms with E-state index < -0.39 is 0 Å². The summed E-state index contributed by atoms with van der Waals surface area (Å²) in [7, 11) is 0. The van der Waals surface area contributed by atoms with Crippen molar-refractivity contribution in [3.8, 4) is 0 Å². The molecule has 0 atom stereocenters. The van der Waals surface area contributed by atoms with Gasteiger partial charge in [-0.2, -0.15) is 0 Å². The van der Waals surface area contributed by atoms with Crippen LogP contribution in [0.4, 0.5) is 0 Å². The van der Waals surface area contributed by atoms with E-state index in [9.17, 15) is 0 Å². The molecule has 56 valence electrons. The zero-order chi connectivity index (χ0) is 6.81. The molecular formula is C9H14O. The molecular weight excluding hydrogens is 124 g/mol. The van der Waals surface area contributed by atoms with Crippen molar-refractivity contribution in [2.75, 3.05) is 0 Å². The normalized spacial score (nSPS) is 25.6. The number of allylic oxidation sites excluding steroid dienone is 2. The summed E-state index contributed by atoms with van der Waals surface area (Å²) in [6.45, 7) is 0. The van der Waals surface area contributed by atoms with Crippen LogP contribution >= 0.6 is 0 Å². The van der Waals surface area contributed by atoms with Crippen molar-refractivity contribution in [1.29, 1.82) is 0 Å². The van der Waals surface area contributed by atoms with Crippen LogP contribution < -0.4 is 0 Å². The Balaban J connectivity index is 1.87. The molecule has 0 N–H and O–H groups in total. The fourth-order valence-electron chi connectivity index (χ4n) is 1.61. The van der Waals surface area contributed by atoms with Gasteiger partial charge in [0.15, 0.2) is 0 Å². The maximum atomic E-state index is 5.33. The third kappa shape index (κ3) is 1.34. The smallest absolute Gasteiger partial charge is 0.142 e. The topological polar surface area (TPSA) is 12.5 Å². The second-order valence-electron chi connectivity index (χ2n) is 3.22. The van der Waals surface area contributed by atoms with E-state index in [2.05, 4.69) is 0 Å². The zero-order valence-corrected chi connectivity index (χ0v) is 6.36. The molecule has 0 aromatic carbocycles. The summed E-state index contributed by atoms with van der Waals surface area (Å²) < 4.78 is 5.33. The van der Waals surface area contributed by atoms with Crippen LogP contribution in [0.5, 0.6) is 0 Å². The van der Waals surface area contributed by atoms with Crippen LogP contribution in [0.25, 0.3) is 0 Å². The van der Waals surface area contributed by atoms with Crippen molar-refractivity contribution in [3.63, 3.8) is 0 Å². The van der Waals surface area contributed by atoms with E-state index in [-0.39, 0.29) is 0 Å². The Labute approximate surface area is 62.1 Å². The second-order valence-corrected chi connectivity index (χ2v) is 3.22. The number of hydrogen-bond donors (Lipinski definition) is 0. The van der Waals surface area contributed by atoms with Gasteiger partial charge in [-0.25, -0.2) is 0 Å². The maximum absolute atomic E-state index is 5.33. The highest BCUT2D eigenvalue weighted by Crippen LogP contribution is 2.36. The van der Waals surface area contributed by atoms with Gasteiger partial charge in [-0.15, -0.1) is 0 Å². The number of rotatable bonds is 0.